The van der Waals surface area contributed by atoms with Crippen molar-refractivity contribution in [1.82, 2.24) is 5.32 Å². The lowest BCUT2D eigenvalue weighted by molar-refractivity contribution is -0.131. The number of esters is 1. The van der Waals surface area contributed by atoms with E-state index in [-0.39, 0.29) is 16.4 Å². The van der Waals surface area contributed by atoms with Gasteiger partial charge in [-0.05, 0) is 48.6 Å². The van der Waals surface area contributed by atoms with Crippen LogP contribution in [0.15, 0.2) is 48.5 Å². The highest BCUT2D eigenvalue weighted by Crippen LogP contribution is 2.18. The fraction of sp³-hybridized carbons (Fsp3) is 0.0625. The van der Waals surface area contributed by atoms with E-state index in [0.717, 1.165) is 0 Å². The van der Waals surface area contributed by atoms with Crippen LogP contribution in [0, 0.1) is 0 Å². The van der Waals surface area contributed by atoms with Crippen LogP contribution in [0.5, 0.6) is 5.75 Å². The molecule has 0 aliphatic rings. The molecule has 0 fully saturated rings. The van der Waals surface area contributed by atoms with Crippen molar-refractivity contribution in [2.24, 2.45) is 0 Å². The number of hydrogen-bond donors (Lipinski definition) is 2. The molecular formula is C16H13ClN2O3S. The van der Waals surface area contributed by atoms with E-state index in [2.05, 4.69) is 10.6 Å². The van der Waals surface area contributed by atoms with Crippen LogP contribution in [0.3, 0.4) is 0 Å². The molecule has 0 unspecified atom stereocenters. The molecule has 2 N–H and O–H groups in total. The summed E-state index contributed by atoms with van der Waals surface area (Å²) < 4.78 is 5.00. The molecule has 0 radical (unpaired) electrons. The molecule has 23 heavy (non-hydrogen) atoms. The summed E-state index contributed by atoms with van der Waals surface area (Å²) in [6.45, 7) is 1.27. The zero-order valence-corrected chi connectivity index (χ0v) is 13.7. The highest BCUT2D eigenvalue weighted by Gasteiger charge is 2.14. The Morgan fingerprint density at radius 1 is 1.09 bits per heavy atom. The van der Waals surface area contributed by atoms with Gasteiger partial charge in [-0.2, -0.15) is 0 Å². The number of thiocarbonyl (C=S) groups is 1. The Hall–Kier alpha value is -2.44. The van der Waals surface area contributed by atoms with E-state index in [0.29, 0.717) is 10.7 Å². The van der Waals surface area contributed by atoms with Crippen LogP contribution in [0.2, 0.25) is 5.02 Å². The van der Waals surface area contributed by atoms with Crippen molar-refractivity contribution in [3.63, 3.8) is 0 Å². The van der Waals surface area contributed by atoms with Crippen molar-refractivity contribution in [2.75, 3.05) is 5.32 Å². The quantitative estimate of drug-likeness (QED) is 0.505. The SMILES string of the molecule is CC(=O)Oc1ccccc1C(=O)NC(=S)Nc1ccc(Cl)cc1. The molecule has 2 rings (SSSR count). The van der Waals surface area contributed by atoms with Crippen molar-refractivity contribution in [3.05, 3.63) is 59.1 Å². The normalized spacial score (nSPS) is 9.83. The number of ether oxygens (including phenoxy) is 1. The molecule has 5 nitrogen and oxygen atoms in total. The molecule has 0 atom stereocenters. The maximum absolute atomic E-state index is 12.3. The second-order valence-corrected chi connectivity index (χ2v) is 5.35. The maximum Gasteiger partial charge on any atom is 0.308 e. The lowest BCUT2D eigenvalue weighted by atomic mass is 10.2. The lowest BCUT2D eigenvalue weighted by Gasteiger charge is -2.11. The summed E-state index contributed by atoms with van der Waals surface area (Å²) in [5.74, 6) is -0.813. The topological polar surface area (TPSA) is 67.4 Å². The first kappa shape index (κ1) is 16.9. The number of nitrogens with one attached hydrogen (secondary N) is 2. The number of hydrogen-bond acceptors (Lipinski definition) is 4. The molecule has 7 heteroatoms. The smallest absolute Gasteiger partial charge is 0.308 e. The predicted molar refractivity (Wildman–Crippen MR) is 92.9 cm³/mol. The molecule has 0 saturated carbocycles. The average Bonchev–Trinajstić information content (AvgIpc) is 2.49. The number of carbonyl (C=O) groups excluding carboxylic acids is 2. The van der Waals surface area contributed by atoms with Gasteiger partial charge in [0.15, 0.2) is 5.11 Å². The third-order valence-corrected chi connectivity index (χ3v) is 3.17. The van der Waals surface area contributed by atoms with Crippen LogP contribution in [0.1, 0.15) is 17.3 Å². The van der Waals surface area contributed by atoms with Gasteiger partial charge in [-0.1, -0.05) is 23.7 Å². The van der Waals surface area contributed by atoms with Gasteiger partial charge in [-0.15, -0.1) is 0 Å². The van der Waals surface area contributed by atoms with Crippen LogP contribution in [0.25, 0.3) is 0 Å². The van der Waals surface area contributed by atoms with Gasteiger partial charge < -0.3 is 10.1 Å². The van der Waals surface area contributed by atoms with Crippen LogP contribution in [0.4, 0.5) is 5.69 Å². The van der Waals surface area contributed by atoms with E-state index in [9.17, 15) is 9.59 Å². The fourth-order valence-electron chi connectivity index (χ4n) is 1.76. The molecular weight excluding hydrogens is 336 g/mol. The molecule has 118 valence electrons. The number of rotatable bonds is 3. The molecule has 0 aliphatic heterocycles. The van der Waals surface area contributed by atoms with Crippen molar-refractivity contribution in [3.8, 4) is 5.75 Å². The standard InChI is InChI=1S/C16H13ClN2O3S/c1-10(20)22-14-5-3-2-4-13(14)15(21)19-16(23)18-12-8-6-11(17)7-9-12/h2-9H,1H3,(H2,18,19,21,23). The van der Waals surface area contributed by atoms with Crippen molar-refractivity contribution < 1.29 is 14.3 Å². The first-order valence-corrected chi connectivity index (χ1v) is 7.39. The number of benzene rings is 2. The minimum absolute atomic E-state index is 0.120. The van der Waals surface area contributed by atoms with Crippen LogP contribution in [-0.2, 0) is 4.79 Å². The van der Waals surface area contributed by atoms with Gasteiger partial charge in [0.1, 0.15) is 5.75 Å². The summed E-state index contributed by atoms with van der Waals surface area (Å²) >= 11 is 10.9. The molecule has 0 aliphatic carbocycles. The minimum atomic E-state index is -0.507. The van der Waals surface area contributed by atoms with Gasteiger partial charge in [0.25, 0.3) is 5.91 Å². The third kappa shape index (κ3) is 5.05. The number of para-hydroxylation sites is 1. The number of amides is 1. The molecule has 0 saturated heterocycles. The summed E-state index contributed by atoms with van der Waals surface area (Å²) in [5.41, 5.74) is 0.899. The van der Waals surface area contributed by atoms with E-state index < -0.39 is 11.9 Å². The highest BCUT2D eigenvalue weighted by molar-refractivity contribution is 7.80. The van der Waals surface area contributed by atoms with Crippen LogP contribution in [-0.4, -0.2) is 17.0 Å². The fourth-order valence-corrected chi connectivity index (χ4v) is 2.10. The first-order chi connectivity index (χ1) is 11.0. The Morgan fingerprint density at radius 2 is 1.74 bits per heavy atom. The van der Waals surface area contributed by atoms with E-state index in [1.54, 1.807) is 42.5 Å². The van der Waals surface area contributed by atoms with Gasteiger partial charge >= 0.3 is 5.97 Å². The molecule has 2 aromatic rings. The Labute approximate surface area is 143 Å². The first-order valence-electron chi connectivity index (χ1n) is 6.61. The predicted octanol–water partition coefficient (Wildman–Crippen LogP) is 3.39. The van der Waals surface area contributed by atoms with Gasteiger partial charge in [0, 0.05) is 17.6 Å². The molecule has 2 aromatic carbocycles. The van der Waals surface area contributed by atoms with E-state index >= 15 is 0 Å². The van der Waals surface area contributed by atoms with E-state index in [1.165, 1.54) is 13.0 Å². The highest BCUT2D eigenvalue weighted by atomic mass is 35.5. The third-order valence-electron chi connectivity index (χ3n) is 2.71. The molecule has 0 bridgehead atoms. The van der Waals surface area contributed by atoms with Gasteiger partial charge in [0.05, 0.1) is 5.56 Å². The number of anilines is 1. The summed E-state index contributed by atoms with van der Waals surface area (Å²) in [6.07, 6.45) is 0. The number of carbonyl (C=O) groups is 2. The molecule has 0 heterocycles. The van der Waals surface area contributed by atoms with Crippen molar-refractivity contribution in [2.45, 2.75) is 6.92 Å². The molecule has 0 spiro atoms. The zero-order chi connectivity index (χ0) is 16.8. The summed E-state index contributed by atoms with van der Waals surface area (Å²) in [5, 5.41) is 6.11. The maximum atomic E-state index is 12.3. The van der Waals surface area contributed by atoms with Crippen molar-refractivity contribution >= 4 is 46.5 Å². The van der Waals surface area contributed by atoms with Crippen molar-refractivity contribution in [1.29, 1.82) is 0 Å². The second kappa shape index (κ2) is 7.71. The molecule has 1 amide bonds. The Balaban J connectivity index is 2.05. The van der Waals surface area contributed by atoms with Gasteiger partial charge in [-0.25, -0.2) is 0 Å². The Bertz CT molecular complexity index is 747. The summed E-state index contributed by atoms with van der Waals surface area (Å²) in [6, 6.07) is 13.3. The summed E-state index contributed by atoms with van der Waals surface area (Å²) in [4.78, 5) is 23.3. The van der Waals surface area contributed by atoms with E-state index in [1.807, 2.05) is 0 Å². The van der Waals surface area contributed by atoms with E-state index in [4.69, 9.17) is 28.6 Å². The lowest BCUT2D eigenvalue weighted by Crippen LogP contribution is -2.34. The second-order valence-electron chi connectivity index (χ2n) is 4.50. The average molecular weight is 349 g/mol. The largest absolute Gasteiger partial charge is 0.426 e. The van der Waals surface area contributed by atoms with Crippen LogP contribution >= 0.6 is 23.8 Å². The summed E-state index contributed by atoms with van der Waals surface area (Å²) in [7, 11) is 0. The number of halogens is 1. The van der Waals surface area contributed by atoms with Crippen LogP contribution < -0.4 is 15.4 Å². The van der Waals surface area contributed by atoms with Gasteiger partial charge in [-0.3, -0.25) is 14.9 Å². The Kier molecular flexibility index (Phi) is 5.67. The monoisotopic (exact) mass is 348 g/mol. The zero-order valence-electron chi connectivity index (χ0n) is 12.1. The van der Waals surface area contributed by atoms with Gasteiger partial charge in [0.2, 0.25) is 0 Å². The Morgan fingerprint density at radius 3 is 2.39 bits per heavy atom. The molecule has 0 aromatic heterocycles. The minimum Gasteiger partial charge on any atom is -0.426 e.